The molecule has 0 radical (unpaired) electrons. The number of aromatic nitrogens is 1. The Balaban J connectivity index is 3.39. The lowest BCUT2D eigenvalue weighted by atomic mass is 10.8. The monoisotopic (exact) mass is 179 g/mol. The molecular weight excluding hydrogens is 178 g/mol. The Morgan fingerprint density at radius 3 is 2.71 bits per heavy atom. The highest BCUT2D eigenvalue weighted by molar-refractivity contribution is 9.08. The second-order valence-corrected chi connectivity index (χ2v) is 3.02. The number of halogens is 1. The van der Waals surface area contributed by atoms with Gasteiger partial charge in [-0.3, -0.25) is 4.79 Å². The summed E-state index contributed by atoms with van der Waals surface area (Å²) in [6.45, 7) is 0. The van der Waals surface area contributed by atoms with Gasteiger partial charge < -0.3 is 0 Å². The van der Waals surface area contributed by atoms with Crippen molar-refractivity contribution in [1.82, 2.24) is 2.98 Å². The Kier molecular flexibility index (Phi) is 1.30. The van der Waals surface area contributed by atoms with Crippen molar-refractivity contribution in [3.05, 3.63) is 21.8 Å². The van der Waals surface area contributed by atoms with Gasteiger partial charge in [-0.1, -0.05) is 11.5 Å². The zero-order valence-corrected chi connectivity index (χ0v) is 5.70. The lowest BCUT2D eigenvalue weighted by Crippen LogP contribution is -1.99. The maximum absolute atomic E-state index is 10.3. The Morgan fingerprint density at radius 2 is 2.57 bits per heavy atom. The van der Waals surface area contributed by atoms with Crippen molar-refractivity contribution in [3.63, 3.8) is 0 Å². The van der Waals surface area contributed by atoms with Gasteiger partial charge in [-0.05, 0) is 0 Å². The minimum Gasteiger partial charge on any atom is -0.268 e. The van der Waals surface area contributed by atoms with Crippen LogP contribution in [-0.2, 0) is 0 Å². The predicted octanol–water partition coefficient (Wildman–Crippen LogP) is 1.07. The molecule has 4 heteroatoms. The van der Waals surface area contributed by atoms with Crippen LogP contribution in [0.5, 0.6) is 0 Å². The predicted molar refractivity (Wildman–Crippen MR) is 32.9 cm³/mol. The third-order valence-electron chi connectivity index (χ3n) is 0.537. The standard InChI is InChI=1S/C3H2BrNOS/c4-5-3(6)1-2-7-5/h1-2H. The zero-order chi connectivity index (χ0) is 5.28. The number of hydrogen-bond acceptors (Lipinski definition) is 2. The maximum Gasteiger partial charge on any atom is 0.271 e. The van der Waals surface area contributed by atoms with Crippen LogP contribution in [0.15, 0.2) is 16.2 Å². The summed E-state index contributed by atoms with van der Waals surface area (Å²) in [5.74, 6) is 0. The van der Waals surface area contributed by atoms with Crippen molar-refractivity contribution in [1.29, 1.82) is 0 Å². The molecule has 2 nitrogen and oxygen atoms in total. The topological polar surface area (TPSA) is 22.0 Å². The van der Waals surface area contributed by atoms with E-state index in [4.69, 9.17) is 0 Å². The smallest absolute Gasteiger partial charge is 0.268 e. The van der Waals surface area contributed by atoms with Crippen molar-refractivity contribution < 1.29 is 0 Å². The summed E-state index contributed by atoms with van der Waals surface area (Å²) in [4.78, 5) is 10.3. The summed E-state index contributed by atoms with van der Waals surface area (Å²) in [5.41, 5.74) is -0.00926. The molecule has 1 rings (SSSR count). The first-order valence-corrected chi connectivity index (χ1v) is 3.18. The lowest BCUT2D eigenvalue weighted by molar-refractivity contribution is 1.36. The number of hydrogen-bond donors (Lipinski definition) is 0. The van der Waals surface area contributed by atoms with E-state index in [1.165, 1.54) is 20.6 Å². The molecule has 0 atom stereocenters. The van der Waals surface area contributed by atoms with Crippen LogP contribution >= 0.6 is 27.7 Å². The van der Waals surface area contributed by atoms with Crippen LogP contribution in [0.1, 0.15) is 0 Å². The van der Waals surface area contributed by atoms with Crippen LogP contribution in [-0.4, -0.2) is 2.98 Å². The molecule has 0 spiro atoms. The summed E-state index contributed by atoms with van der Waals surface area (Å²) < 4.78 is 1.38. The molecule has 0 aliphatic heterocycles. The van der Waals surface area contributed by atoms with Crippen molar-refractivity contribution in [2.24, 2.45) is 0 Å². The minimum atomic E-state index is -0.00926. The average molecular weight is 180 g/mol. The van der Waals surface area contributed by atoms with E-state index in [0.717, 1.165) is 0 Å². The Hall–Kier alpha value is -0.0900. The van der Waals surface area contributed by atoms with Crippen LogP contribution in [0.4, 0.5) is 0 Å². The fourth-order valence-electron chi connectivity index (χ4n) is 0.253. The Bertz CT molecular complexity index is 203. The number of rotatable bonds is 0. The Morgan fingerprint density at radius 1 is 1.86 bits per heavy atom. The van der Waals surface area contributed by atoms with Gasteiger partial charge in [0.15, 0.2) is 0 Å². The molecule has 1 aromatic rings. The highest BCUT2D eigenvalue weighted by Crippen LogP contribution is 1.94. The van der Waals surface area contributed by atoms with Crippen LogP contribution in [0, 0.1) is 0 Å². The quantitative estimate of drug-likeness (QED) is 0.585. The third kappa shape index (κ3) is 0.920. The normalized spacial score (nSPS) is 9.29. The fourth-order valence-corrected chi connectivity index (χ4v) is 1.11. The van der Waals surface area contributed by atoms with Gasteiger partial charge in [0, 0.05) is 11.4 Å². The largest absolute Gasteiger partial charge is 0.271 e. The van der Waals surface area contributed by atoms with E-state index < -0.39 is 0 Å². The molecule has 0 fully saturated rings. The SMILES string of the molecule is O=c1ccsn1Br. The van der Waals surface area contributed by atoms with Crippen molar-refractivity contribution in [2.45, 2.75) is 0 Å². The molecule has 1 heterocycles. The van der Waals surface area contributed by atoms with Gasteiger partial charge in [-0.15, -0.1) is 0 Å². The first-order valence-electron chi connectivity index (χ1n) is 1.64. The lowest BCUT2D eigenvalue weighted by Gasteiger charge is -1.71. The van der Waals surface area contributed by atoms with E-state index in [1.54, 1.807) is 5.38 Å². The third-order valence-corrected chi connectivity index (χ3v) is 2.01. The van der Waals surface area contributed by atoms with E-state index in [9.17, 15) is 4.79 Å². The first kappa shape index (κ1) is 5.05. The van der Waals surface area contributed by atoms with E-state index in [0.29, 0.717) is 0 Å². The van der Waals surface area contributed by atoms with E-state index in [-0.39, 0.29) is 5.56 Å². The number of nitrogens with zero attached hydrogens (tertiary/aromatic N) is 1. The second-order valence-electron chi connectivity index (χ2n) is 0.991. The van der Waals surface area contributed by atoms with Crippen LogP contribution in [0.2, 0.25) is 0 Å². The molecular formula is C3H2BrNOS. The molecule has 0 aromatic carbocycles. The molecule has 38 valence electrons. The summed E-state index contributed by atoms with van der Waals surface area (Å²) >= 11 is 4.31. The molecule has 0 amide bonds. The molecule has 0 bridgehead atoms. The highest BCUT2D eigenvalue weighted by atomic mass is 79.9. The van der Waals surface area contributed by atoms with Crippen LogP contribution in [0.25, 0.3) is 0 Å². The summed E-state index contributed by atoms with van der Waals surface area (Å²) in [5, 5.41) is 1.72. The first-order chi connectivity index (χ1) is 3.30. The zero-order valence-electron chi connectivity index (χ0n) is 3.30. The van der Waals surface area contributed by atoms with Gasteiger partial charge in [-0.25, -0.2) is 0 Å². The van der Waals surface area contributed by atoms with Gasteiger partial charge >= 0.3 is 0 Å². The average Bonchev–Trinajstić information content (AvgIpc) is 1.91. The van der Waals surface area contributed by atoms with E-state index in [2.05, 4.69) is 16.1 Å². The minimum absolute atomic E-state index is 0.00926. The van der Waals surface area contributed by atoms with Gasteiger partial charge in [0.25, 0.3) is 5.56 Å². The van der Waals surface area contributed by atoms with Crippen molar-refractivity contribution in [2.75, 3.05) is 0 Å². The molecule has 7 heavy (non-hydrogen) atoms. The summed E-state index contributed by atoms with van der Waals surface area (Å²) in [6, 6.07) is 1.50. The second kappa shape index (κ2) is 1.79. The van der Waals surface area contributed by atoms with Crippen LogP contribution < -0.4 is 5.56 Å². The van der Waals surface area contributed by atoms with Gasteiger partial charge in [0.05, 0.1) is 16.1 Å². The van der Waals surface area contributed by atoms with Gasteiger partial charge in [0.2, 0.25) is 0 Å². The summed E-state index contributed by atoms with van der Waals surface area (Å²) in [7, 11) is 0. The molecule has 1 aromatic heterocycles. The molecule has 0 saturated carbocycles. The van der Waals surface area contributed by atoms with Crippen molar-refractivity contribution >= 4 is 27.7 Å². The fraction of sp³-hybridized carbons (Fsp3) is 0. The highest BCUT2D eigenvalue weighted by Gasteiger charge is 1.85. The molecule has 0 saturated heterocycles. The van der Waals surface area contributed by atoms with Crippen molar-refractivity contribution in [3.8, 4) is 0 Å². The van der Waals surface area contributed by atoms with E-state index >= 15 is 0 Å². The summed E-state index contributed by atoms with van der Waals surface area (Å²) in [6.07, 6.45) is 0. The van der Waals surface area contributed by atoms with E-state index in [1.807, 2.05) is 0 Å². The molecule has 0 aliphatic rings. The van der Waals surface area contributed by atoms with Crippen LogP contribution in [0.3, 0.4) is 0 Å². The molecule has 0 aliphatic carbocycles. The van der Waals surface area contributed by atoms with Gasteiger partial charge in [-0.2, -0.15) is 2.98 Å². The van der Waals surface area contributed by atoms with Gasteiger partial charge in [0.1, 0.15) is 0 Å². The maximum atomic E-state index is 10.3. The molecule has 0 N–H and O–H groups in total. The Labute approximate surface area is 52.9 Å². The molecule has 0 unspecified atom stereocenters.